The van der Waals surface area contributed by atoms with E-state index in [-0.39, 0.29) is 20.3 Å². The molecule has 0 atom stereocenters. The summed E-state index contributed by atoms with van der Waals surface area (Å²) in [5.41, 5.74) is 0.210. The molecule has 2 heteroatoms. The summed E-state index contributed by atoms with van der Waals surface area (Å²) in [6, 6.07) is 29.3. The van der Waals surface area contributed by atoms with Crippen molar-refractivity contribution in [3.63, 3.8) is 0 Å². The van der Waals surface area contributed by atoms with Crippen molar-refractivity contribution in [2.45, 2.75) is 13.1 Å². The molecule has 4 rings (SSSR count). The number of hydrogen-bond acceptors (Lipinski definition) is 0. The van der Waals surface area contributed by atoms with Crippen molar-refractivity contribution in [2.24, 2.45) is 0 Å². The fourth-order valence-electron chi connectivity index (χ4n) is 2.14. The minimum absolute atomic E-state index is 0. The van der Waals surface area contributed by atoms with Crippen LogP contribution in [-0.2, 0) is 23.3 Å². The third-order valence-corrected chi connectivity index (χ3v) is 3.10. The zero-order valence-corrected chi connectivity index (χ0v) is 18.5. The van der Waals surface area contributed by atoms with Gasteiger partial charge in [-0.3, -0.25) is 0 Å². The minimum Gasteiger partial charge on any atom is -0.358 e. The Hall–Kier alpha value is -1.24. The van der Waals surface area contributed by atoms with Gasteiger partial charge in [0.05, 0.1) is 0 Å². The van der Waals surface area contributed by atoms with E-state index >= 15 is 0 Å². The quantitative estimate of drug-likeness (QED) is 0.221. The van der Waals surface area contributed by atoms with Crippen LogP contribution in [0.25, 0.3) is 21.5 Å². The molecule has 0 bridgehead atoms. The molecule has 0 aliphatic carbocycles. The number of benzene rings is 2. The summed E-state index contributed by atoms with van der Waals surface area (Å²) in [6.45, 7) is 4.62. The second-order valence-electron chi connectivity index (χ2n) is 5.31. The van der Waals surface area contributed by atoms with Gasteiger partial charge in [0.1, 0.15) is 0 Å². The van der Waals surface area contributed by atoms with Gasteiger partial charge < -0.3 is 14.9 Å². The van der Waals surface area contributed by atoms with Gasteiger partial charge in [0.25, 0.3) is 0 Å². The van der Waals surface area contributed by atoms with Crippen molar-refractivity contribution in [3.8, 4) is 0 Å². The maximum absolute atomic E-state index is 2.31. The minimum atomic E-state index is 0. The van der Waals surface area contributed by atoms with Crippen molar-refractivity contribution in [2.75, 3.05) is 0 Å². The molecular weight excluding hydrogens is 384 g/mol. The Kier molecular flexibility index (Phi) is 11.5. The molecule has 0 amide bonds. The molecule has 126 valence electrons. The van der Waals surface area contributed by atoms with Gasteiger partial charge in [0.2, 0.25) is 0 Å². The molecule has 0 nitrogen and oxygen atoms in total. The molecule has 0 spiro atoms. The van der Waals surface area contributed by atoms with Crippen LogP contribution in [0, 0.1) is 14.9 Å². The molecule has 24 heavy (non-hydrogen) atoms. The van der Waals surface area contributed by atoms with E-state index in [2.05, 4.69) is 98.0 Å². The first-order valence-electron chi connectivity index (χ1n) is 7.39. The van der Waals surface area contributed by atoms with Crippen LogP contribution < -0.4 is 0 Å². The third kappa shape index (κ3) is 7.55. The molecule has 0 saturated heterocycles. The Morgan fingerprint density at radius 1 is 0.667 bits per heavy atom. The fraction of sp³-hybridized carbons (Fsp3) is 0.0909. The van der Waals surface area contributed by atoms with Gasteiger partial charge in [-0.2, -0.15) is 35.0 Å². The molecule has 0 saturated carbocycles. The molecule has 0 fully saturated rings. The van der Waals surface area contributed by atoms with E-state index in [1.165, 1.54) is 21.5 Å². The van der Waals surface area contributed by atoms with E-state index in [0.717, 1.165) is 0 Å². The van der Waals surface area contributed by atoms with Gasteiger partial charge in [-0.15, -0.1) is 59.3 Å². The Balaban J connectivity index is 0.000000341. The van der Waals surface area contributed by atoms with Crippen molar-refractivity contribution < 1.29 is 23.3 Å². The van der Waals surface area contributed by atoms with Gasteiger partial charge in [0.15, 0.2) is 0 Å². The average molecular weight is 410 g/mol. The predicted octanol–water partition coefficient (Wildman–Crippen LogP) is 6.80. The SMILES string of the molecule is C[Si](C)=[Zr].[CH3-].[CH3-].c1ccc2[cH-]ccc2c1.c1ccc2[cH-]ccc2c1. The Morgan fingerprint density at radius 3 is 1.33 bits per heavy atom. The average Bonchev–Trinajstić information content (AvgIpc) is 3.16. The summed E-state index contributed by atoms with van der Waals surface area (Å²) in [5, 5.41) is 5.32. The standard InChI is InChI=1S/2C9H7.C2H6Si.2CH3.Zr/c2*1-2-5-9-7-3-6-8(9)4-1;1-3-2;;;/h2*1-7H;1-2H3;2*1H3;/q2*-1;;2*-1;. The summed E-state index contributed by atoms with van der Waals surface area (Å²) in [6.07, 6.45) is 0. The molecule has 0 radical (unpaired) electrons. The Labute approximate surface area is 162 Å². The molecule has 4 aromatic rings. The van der Waals surface area contributed by atoms with E-state index in [1.807, 2.05) is 0 Å². The largest absolute Gasteiger partial charge is 0.358 e. The van der Waals surface area contributed by atoms with Crippen LogP contribution in [0.3, 0.4) is 0 Å². The molecule has 0 aliphatic heterocycles. The van der Waals surface area contributed by atoms with Crippen molar-refractivity contribution in [1.29, 1.82) is 0 Å². The van der Waals surface area contributed by atoms with Crippen LogP contribution in [0.1, 0.15) is 0 Å². The molecule has 4 aromatic carbocycles. The van der Waals surface area contributed by atoms with Gasteiger partial charge in [0, 0.05) is 0 Å². The summed E-state index contributed by atoms with van der Waals surface area (Å²) >= 11 is 1.74. The van der Waals surface area contributed by atoms with Gasteiger partial charge in [-0.05, 0) is 0 Å². The fourth-order valence-corrected chi connectivity index (χ4v) is 2.14. The van der Waals surface area contributed by atoms with Gasteiger partial charge >= 0.3 is 41.9 Å². The van der Waals surface area contributed by atoms with E-state index < -0.39 is 0 Å². The first-order valence-corrected chi connectivity index (χ1v) is 13.6. The molecule has 0 N–H and O–H groups in total. The van der Waals surface area contributed by atoms with Gasteiger partial charge in [-0.25, -0.2) is 0 Å². The summed E-state index contributed by atoms with van der Waals surface area (Å²) in [4.78, 5) is 0. The van der Waals surface area contributed by atoms with Crippen LogP contribution >= 0.6 is 0 Å². The molecule has 0 aliphatic rings. The molecular formula is C22H26SiZr-4. The first-order chi connectivity index (χ1) is 10.7. The normalized spacial score (nSPS) is 8.71. The van der Waals surface area contributed by atoms with Crippen molar-refractivity contribution in [3.05, 3.63) is 99.8 Å². The molecule has 0 aromatic heterocycles. The number of fused-ring (bicyclic) bond motifs is 2. The van der Waals surface area contributed by atoms with Crippen LogP contribution in [-0.4, -0.2) is 5.43 Å². The number of rotatable bonds is 0. The Bertz CT molecular complexity index is 709. The van der Waals surface area contributed by atoms with Crippen LogP contribution in [0.5, 0.6) is 0 Å². The zero-order valence-electron chi connectivity index (χ0n) is 15.1. The van der Waals surface area contributed by atoms with E-state index in [9.17, 15) is 0 Å². The predicted molar refractivity (Wildman–Crippen MR) is 109 cm³/mol. The van der Waals surface area contributed by atoms with E-state index in [1.54, 1.807) is 23.3 Å². The topological polar surface area (TPSA) is 0 Å². The first kappa shape index (κ1) is 22.8. The molecule has 0 heterocycles. The second kappa shape index (κ2) is 12.2. The monoisotopic (exact) mass is 408 g/mol. The van der Waals surface area contributed by atoms with Crippen LogP contribution in [0.15, 0.2) is 84.9 Å². The maximum Gasteiger partial charge on any atom is -0.0809 e. The van der Waals surface area contributed by atoms with Crippen LogP contribution in [0.4, 0.5) is 0 Å². The zero-order chi connectivity index (χ0) is 15.8. The summed E-state index contributed by atoms with van der Waals surface area (Å²) in [7, 11) is 0. The van der Waals surface area contributed by atoms with Gasteiger partial charge in [-0.1, -0.05) is 12.1 Å². The van der Waals surface area contributed by atoms with E-state index in [4.69, 9.17) is 0 Å². The van der Waals surface area contributed by atoms with Crippen LogP contribution in [0.2, 0.25) is 13.1 Å². The molecule has 0 unspecified atom stereocenters. The third-order valence-electron chi connectivity index (χ3n) is 3.10. The second-order valence-corrected chi connectivity index (χ2v) is 14.7. The summed E-state index contributed by atoms with van der Waals surface area (Å²) in [5.74, 6) is 0. The smallest absolute Gasteiger partial charge is 0.0809 e. The Morgan fingerprint density at radius 2 is 1.00 bits per heavy atom. The van der Waals surface area contributed by atoms with Crippen molar-refractivity contribution in [1.82, 2.24) is 0 Å². The number of hydrogen-bond donors (Lipinski definition) is 0. The van der Waals surface area contributed by atoms with Crippen molar-refractivity contribution >= 4 is 27.0 Å². The van der Waals surface area contributed by atoms with E-state index in [0.29, 0.717) is 0 Å². The maximum atomic E-state index is 2.31. The summed E-state index contributed by atoms with van der Waals surface area (Å²) < 4.78 is 0.